The fraction of sp³-hybridized carbons (Fsp3) is 0.778. The fourth-order valence-electron chi connectivity index (χ4n) is 1.83. The number of carbonyl (C=O) groups is 2. The molecular weight excluding hydrogens is 184 g/mol. The van der Waals surface area contributed by atoms with Crippen molar-refractivity contribution in [3.05, 3.63) is 0 Å². The van der Waals surface area contributed by atoms with Crippen molar-refractivity contribution in [3.8, 4) is 0 Å². The Kier molecular flexibility index (Phi) is 2.67. The summed E-state index contributed by atoms with van der Waals surface area (Å²) in [7, 11) is 0. The summed E-state index contributed by atoms with van der Waals surface area (Å²) in [5, 5.41) is 2.52. The predicted octanol–water partition coefficient (Wildman–Crippen LogP) is -0.876. The van der Waals surface area contributed by atoms with Gasteiger partial charge in [-0.05, 0) is 12.8 Å². The summed E-state index contributed by atoms with van der Waals surface area (Å²) in [5.41, 5.74) is 0. The SMILES string of the molecule is O=C1NCCN(CC2CCCO2)C1=O. The molecule has 0 aromatic rings. The minimum atomic E-state index is -0.491. The number of carbonyl (C=O) groups excluding carboxylic acids is 2. The zero-order valence-electron chi connectivity index (χ0n) is 7.99. The average Bonchev–Trinajstić information content (AvgIpc) is 2.66. The van der Waals surface area contributed by atoms with Gasteiger partial charge in [0.1, 0.15) is 0 Å². The molecule has 0 saturated carbocycles. The van der Waals surface area contributed by atoms with E-state index >= 15 is 0 Å². The van der Waals surface area contributed by atoms with Gasteiger partial charge in [0, 0.05) is 26.2 Å². The molecule has 1 atom stereocenters. The Morgan fingerprint density at radius 3 is 3.07 bits per heavy atom. The van der Waals surface area contributed by atoms with Crippen LogP contribution in [0.1, 0.15) is 12.8 Å². The van der Waals surface area contributed by atoms with Crippen LogP contribution in [0.25, 0.3) is 0 Å². The third-order valence-electron chi connectivity index (χ3n) is 2.60. The van der Waals surface area contributed by atoms with E-state index in [2.05, 4.69) is 5.32 Å². The van der Waals surface area contributed by atoms with Crippen LogP contribution in [0.2, 0.25) is 0 Å². The molecule has 78 valence electrons. The van der Waals surface area contributed by atoms with Crippen molar-refractivity contribution in [1.29, 1.82) is 0 Å². The molecule has 0 bridgehead atoms. The molecule has 1 N–H and O–H groups in total. The molecule has 2 aliphatic rings. The van der Waals surface area contributed by atoms with Crippen molar-refractivity contribution >= 4 is 11.8 Å². The highest BCUT2D eigenvalue weighted by atomic mass is 16.5. The summed E-state index contributed by atoms with van der Waals surface area (Å²) in [4.78, 5) is 24.0. The average molecular weight is 198 g/mol. The molecule has 2 aliphatic heterocycles. The van der Waals surface area contributed by atoms with E-state index in [-0.39, 0.29) is 6.10 Å². The fourth-order valence-corrected chi connectivity index (χ4v) is 1.83. The highest BCUT2D eigenvalue weighted by Crippen LogP contribution is 2.13. The molecule has 2 saturated heterocycles. The Hall–Kier alpha value is -1.10. The van der Waals surface area contributed by atoms with E-state index < -0.39 is 11.8 Å². The summed E-state index contributed by atoms with van der Waals surface area (Å²) in [6.07, 6.45) is 2.18. The van der Waals surface area contributed by atoms with E-state index in [1.54, 1.807) is 4.90 Å². The molecule has 14 heavy (non-hydrogen) atoms. The van der Waals surface area contributed by atoms with Gasteiger partial charge in [0.15, 0.2) is 0 Å². The first-order valence-electron chi connectivity index (χ1n) is 4.96. The lowest BCUT2D eigenvalue weighted by Crippen LogP contribution is -2.53. The summed E-state index contributed by atoms with van der Waals surface area (Å²) in [5.74, 6) is -0.916. The minimum absolute atomic E-state index is 0.129. The standard InChI is InChI=1S/C9H14N2O3/c12-8-9(13)11(4-3-10-8)6-7-2-1-5-14-7/h7H,1-6H2,(H,10,12). The molecule has 0 spiro atoms. The van der Waals surface area contributed by atoms with Crippen LogP contribution in [-0.2, 0) is 14.3 Å². The number of rotatable bonds is 2. The maximum absolute atomic E-state index is 11.4. The Morgan fingerprint density at radius 2 is 2.36 bits per heavy atom. The van der Waals surface area contributed by atoms with Gasteiger partial charge in [-0.2, -0.15) is 0 Å². The van der Waals surface area contributed by atoms with E-state index in [0.29, 0.717) is 19.6 Å². The Labute approximate surface area is 82.4 Å². The maximum atomic E-state index is 11.4. The predicted molar refractivity (Wildman–Crippen MR) is 48.6 cm³/mol. The number of hydrogen-bond acceptors (Lipinski definition) is 3. The van der Waals surface area contributed by atoms with Gasteiger partial charge in [0.25, 0.3) is 0 Å². The van der Waals surface area contributed by atoms with Crippen LogP contribution in [0.4, 0.5) is 0 Å². The Balaban J connectivity index is 1.89. The van der Waals surface area contributed by atoms with Gasteiger partial charge in [0.05, 0.1) is 6.10 Å². The highest BCUT2D eigenvalue weighted by molar-refractivity contribution is 6.35. The van der Waals surface area contributed by atoms with Crippen molar-refractivity contribution < 1.29 is 14.3 Å². The first-order chi connectivity index (χ1) is 6.77. The molecule has 0 aromatic carbocycles. The molecule has 2 rings (SSSR count). The lowest BCUT2D eigenvalue weighted by molar-refractivity contribution is -0.149. The largest absolute Gasteiger partial charge is 0.376 e. The number of amides is 2. The third kappa shape index (κ3) is 1.87. The van der Waals surface area contributed by atoms with E-state index in [9.17, 15) is 9.59 Å². The summed E-state index contributed by atoms with van der Waals surface area (Å²) in [6.45, 7) is 2.49. The number of ether oxygens (including phenoxy) is 1. The van der Waals surface area contributed by atoms with Crippen LogP contribution in [0.15, 0.2) is 0 Å². The first kappa shape index (κ1) is 9.45. The summed E-state index contributed by atoms with van der Waals surface area (Å²) < 4.78 is 5.41. The van der Waals surface area contributed by atoms with Crippen LogP contribution in [0.5, 0.6) is 0 Å². The van der Waals surface area contributed by atoms with Crippen LogP contribution >= 0.6 is 0 Å². The van der Waals surface area contributed by atoms with Crippen molar-refractivity contribution in [2.45, 2.75) is 18.9 Å². The van der Waals surface area contributed by atoms with Gasteiger partial charge >= 0.3 is 11.8 Å². The van der Waals surface area contributed by atoms with Gasteiger partial charge in [-0.25, -0.2) is 0 Å². The molecule has 0 aliphatic carbocycles. The Bertz CT molecular complexity index is 248. The van der Waals surface area contributed by atoms with Crippen LogP contribution < -0.4 is 5.32 Å². The molecule has 5 nitrogen and oxygen atoms in total. The number of hydrogen-bond donors (Lipinski definition) is 1. The van der Waals surface area contributed by atoms with Crippen LogP contribution in [-0.4, -0.2) is 49.1 Å². The minimum Gasteiger partial charge on any atom is -0.376 e. The second kappa shape index (κ2) is 3.96. The first-order valence-corrected chi connectivity index (χ1v) is 4.96. The smallest absolute Gasteiger partial charge is 0.312 e. The molecule has 0 radical (unpaired) electrons. The molecule has 5 heteroatoms. The van der Waals surface area contributed by atoms with E-state index in [4.69, 9.17) is 4.74 Å². The monoisotopic (exact) mass is 198 g/mol. The van der Waals surface area contributed by atoms with E-state index in [1.165, 1.54) is 0 Å². The molecule has 1 unspecified atom stereocenters. The normalized spacial score (nSPS) is 28.0. The van der Waals surface area contributed by atoms with Crippen LogP contribution in [0, 0.1) is 0 Å². The highest BCUT2D eigenvalue weighted by Gasteiger charge is 2.29. The number of nitrogens with one attached hydrogen (secondary N) is 1. The molecule has 2 heterocycles. The van der Waals surface area contributed by atoms with Gasteiger partial charge in [0.2, 0.25) is 0 Å². The molecular formula is C9H14N2O3. The zero-order chi connectivity index (χ0) is 9.97. The van der Waals surface area contributed by atoms with Gasteiger partial charge in [-0.3, -0.25) is 9.59 Å². The zero-order valence-corrected chi connectivity index (χ0v) is 7.99. The lowest BCUT2D eigenvalue weighted by atomic mass is 10.2. The van der Waals surface area contributed by atoms with Gasteiger partial charge in [-0.1, -0.05) is 0 Å². The maximum Gasteiger partial charge on any atom is 0.312 e. The summed E-state index contributed by atoms with van der Waals surface area (Å²) >= 11 is 0. The second-order valence-electron chi connectivity index (χ2n) is 3.64. The molecule has 2 fully saturated rings. The second-order valence-corrected chi connectivity index (χ2v) is 3.64. The van der Waals surface area contributed by atoms with Gasteiger partial charge in [-0.15, -0.1) is 0 Å². The van der Waals surface area contributed by atoms with E-state index in [1.807, 2.05) is 0 Å². The topological polar surface area (TPSA) is 58.6 Å². The van der Waals surface area contributed by atoms with Crippen molar-refractivity contribution in [2.75, 3.05) is 26.2 Å². The number of nitrogens with zero attached hydrogens (tertiary/aromatic N) is 1. The molecule has 2 amide bonds. The quantitative estimate of drug-likeness (QED) is 0.586. The van der Waals surface area contributed by atoms with Gasteiger partial charge < -0.3 is 15.0 Å². The van der Waals surface area contributed by atoms with Crippen molar-refractivity contribution in [2.24, 2.45) is 0 Å². The Morgan fingerprint density at radius 1 is 1.50 bits per heavy atom. The number of piperazine rings is 1. The van der Waals surface area contributed by atoms with Crippen molar-refractivity contribution in [3.63, 3.8) is 0 Å². The third-order valence-corrected chi connectivity index (χ3v) is 2.60. The van der Waals surface area contributed by atoms with Crippen molar-refractivity contribution in [1.82, 2.24) is 10.2 Å². The molecule has 0 aromatic heterocycles. The van der Waals surface area contributed by atoms with Crippen LogP contribution in [0.3, 0.4) is 0 Å². The summed E-state index contributed by atoms with van der Waals surface area (Å²) in [6, 6.07) is 0. The lowest BCUT2D eigenvalue weighted by Gasteiger charge is -2.28. The van der Waals surface area contributed by atoms with E-state index in [0.717, 1.165) is 19.4 Å².